The molecular formula is C84H140Cl8N20Na2O14S. The van der Waals surface area contributed by atoms with E-state index in [0.717, 1.165) is 145 Å². The van der Waals surface area contributed by atoms with E-state index in [2.05, 4.69) is 160 Å². The van der Waals surface area contributed by atoms with Gasteiger partial charge < -0.3 is 95.6 Å². The third-order valence-electron chi connectivity index (χ3n) is 18.7. The third kappa shape index (κ3) is 62.6. The Morgan fingerprint density at radius 2 is 0.829 bits per heavy atom. The Morgan fingerprint density at radius 1 is 0.496 bits per heavy atom. The van der Waals surface area contributed by atoms with E-state index in [1.807, 2.05) is 95.3 Å². The number of nitrogen functional groups attached to an aromatic ring is 2. The zero-order valence-electron chi connectivity index (χ0n) is 76.0. The number of nitrogens with two attached hydrogens (primary N) is 4. The number of carbonyl (C=O) groups excluding carboxylic acids is 1. The fourth-order valence-corrected chi connectivity index (χ4v) is 12.6. The average molecular weight is 2020 g/mol. The van der Waals surface area contributed by atoms with E-state index in [1.165, 1.54) is 22.3 Å². The van der Waals surface area contributed by atoms with Crippen LogP contribution in [0, 0.1) is 0 Å². The number of hydrogen-bond acceptors (Lipinski definition) is 34. The second-order valence-electron chi connectivity index (χ2n) is 28.2. The molecule has 4 aliphatic heterocycles. The molecule has 5 unspecified atom stereocenters. The molecular weight excluding hydrogens is 1870 g/mol. The van der Waals surface area contributed by atoms with Gasteiger partial charge in [0.05, 0.1) is 62.9 Å². The number of halogens is 8. The molecule has 4 aliphatic rings. The summed E-state index contributed by atoms with van der Waals surface area (Å²) >= 11 is 34.3. The molecule has 0 aliphatic carbocycles. The zero-order chi connectivity index (χ0) is 94.5. The molecule has 0 saturated carbocycles. The fourth-order valence-electron chi connectivity index (χ4n) is 11.7. The number of aliphatic hydroxyl groups is 9. The van der Waals surface area contributed by atoms with Crippen molar-refractivity contribution in [3.8, 4) is 11.3 Å². The van der Waals surface area contributed by atoms with Gasteiger partial charge in [0, 0.05) is 239 Å². The van der Waals surface area contributed by atoms with Crippen LogP contribution >= 0.6 is 91.0 Å². The molecule has 129 heavy (non-hydrogen) atoms. The van der Waals surface area contributed by atoms with Crippen molar-refractivity contribution >= 4 is 129 Å². The van der Waals surface area contributed by atoms with Gasteiger partial charge in [0.15, 0.2) is 16.8 Å². The summed E-state index contributed by atoms with van der Waals surface area (Å²) < 4.78 is 18.3. The number of aliphatic hydroxyl groups excluding tert-OH is 9. The number of aromatic nitrogens is 6. The van der Waals surface area contributed by atoms with Gasteiger partial charge in [0.2, 0.25) is 11.9 Å². The number of alkyl halides is 3. The van der Waals surface area contributed by atoms with Gasteiger partial charge in [-0.15, -0.1) is 55.2 Å². The predicted octanol–water partition coefficient (Wildman–Crippen LogP) is -0.366. The third-order valence-corrected chi connectivity index (χ3v) is 20.3. The van der Waals surface area contributed by atoms with E-state index in [0.29, 0.717) is 82.6 Å². The van der Waals surface area contributed by atoms with Crippen molar-refractivity contribution < 1.29 is 130 Å². The molecule has 5 aromatic carbocycles. The van der Waals surface area contributed by atoms with Gasteiger partial charge in [0.25, 0.3) is 6.47 Å². The number of hydrogen-bond donors (Lipinski definition) is 14. The van der Waals surface area contributed by atoms with E-state index in [1.54, 1.807) is 25.1 Å². The monoisotopic (exact) mass is 2010 g/mol. The standard InChI is InChI=1S/C16H20Cl2N6O.C14H22N2O.C11H15Cl2N.C11H17NO2.C10H17ClN6O.C7H16N2O.C7H9N.C3H9NO.C2H5ClO.CH2O3.CH4O.CH4.Cl2O2S.2Na.H/c1-10(9-25)23-5-7-24(8-6-23)16-20-15(19)14(21-22-16)11-3-2-4-12(17)13(11)18;1-13(12-17)16-9-7-15(8-10-16)11-14-5-3-2-4-6-14;12-6-8-14(9-7-13)10-11-4-2-1-3-5-11;13-8-6-12(7-9-14)10-11-4-2-1-3-5-11;1-7(6-18)16-2-4-17(5-3-16)10-13-9(12)8(11)14-15-10;1-7(6-10)9-4-2-8-3-5-9;8-6-7-4-2-1-3-5-7;1-3(4)2-5;3-1-2-4;2-1-4-3;1-2;;1-5(2,3)4;;;/h2-4,10,25H,5-9H2,1H3,(H2,19,20,22);2-6,13,17H,7-12H2,1H3;1-5H,6-10H2;1-5,13-14H,6-10H2;7,18H,2-6H2,1H3,(H2,12,13,15);7-8,10H,2-6H2,1H3;1-5H,6,8H2;3,5H,2,4H2,1H3;4H,1-2H2;1,3H;2H,1H3;1H4;;;;/q;;;;;;;;;;;;;2*+1;-1/p-1. The molecule has 0 spiro atoms. The summed E-state index contributed by atoms with van der Waals surface area (Å²) in [5, 5.41) is 106. The molecule has 0 radical (unpaired) electrons. The van der Waals surface area contributed by atoms with Gasteiger partial charge in [-0.3, -0.25) is 39.1 Å². The molecule has 2 aromatic heterocycles. The molecule has 6 heterocycles. The molecule has 4 saturated heterocycles. The van der Waals surface area contributed by atoms with Crippen molar-refractivity contribution in [3.05, 3.63) is 177 Å². The van der Waals surface area contributed by atoms with E-state index < -0.39 is 8.26 Å². The van der Waals surface area contributed by atoms with Crippen LogP contribution < -0.4 is 102 Å². The summed E-state index contributed by atoms with van der Waals surface area (Å²) in [7, 11) is 5.81. The smallest absolute Gasteiger partial charge is 1.00 e. The number of nitrogens with zero attached hydrogens (tertiary/aromatic N) is 15. The van der Waals surface area contributed by atoms with E-state index >= 15 is 0 Å². The number of anilines is 4. The summed E-state index contributed by atoms with van der Waals surface area (Å²) in [4.78, 5) is 39.7. The SMILES string of the molecule is C.CC(CO)N1CCN(Cc2ccccc2)CC1.CC(CO)N1CCN(c2nnc(-c3cccc(Cl)c3Cl)c(N)n2)CC1.CC(CO)N1CCN(c2nnc(Cl)c(N)n2)CC1.CC(CO)N1CCNCC1.CC(N)CO.CO.ClCCN(CCCl)Cc1ccccc1.NCc1ccccc1.O=CO[O-].O=S(=O)(Cl)Cl.OCCCl.OCCN(CCO)Cc1ccccc1.[H-].[Na+].[Na+]. The van der Waals surface area contributed by atoms with Crippen molar-refractivity contribution in [1.29, 1.82) is 0 Å². The van der Waals surface area contributed by atoms with Crippen LogP contribution in [0.5, 0.6) is 0 Å². The molecule has 34 nitrogen and oxygen atoms in total. The van der Waals surface area contributed by atoms with Crippen LogP contribution in [0.15, 0.2) is 140 Å². The van der Waals surface area contributed by atoms with Crippen LogP contribution in [0.25, 0.3) is 11.3 Å². The first-order chi connectivity index (χ1) is 60.5. The Morgan fingerprint density at radius 3 is 1.14 bits per heavy atom. The Bertz CT molecular complexity index is 3820. The number of nitrogens with one attached hydrogen (secondary N) is 1. The van der Waals surface area contributed by atoms with Crippen LogP contribution in [0.3, 0.4) is 0 Å². The molecule has 7 aromatic rings. The maximum absolute atomic E-state index is 9.26. The summed E-state index contributed by atoms with van der Waals surface area (Å²) in [5.41, 5.74) is 28.2. The molecule has 18 N–H and O–H groups in total. The minimum absolute atomic E-state index is 0. The normalized spacial score (nSPS) is 14.9. The van der Waals surface area contributed by atoms with Crippen molar-refractivity contribution in [2.45, 2.75) is 98.4 Å². The van der Waals surface area contributed by atoms with Crippen molar-refractivity contribution in [2.24, 2.45) is 11.5 Å². The second kappa shape index (κ2) is 83.6. The molecule has 0 amide bonds. The number of piperazine rings is 4. The van der Waals surface area contributed by atoms with Gasteiger partial charge in [-0.25, -0.2) is 0 Å². The maximum atomic E-state index is 9.26. The first-order valence-corrected chi connectivity index (χ1v) is 46.8. The quantitative estimate of drug-likeness (QED) is 0.00710. The largest absolute Gasteiger partial charge is 1.00 e. The van der Waals surface area contributed by atoms with Crippen LogP contribution in [0.4, 0.5) is 23.5 Å². The van der Waals surface area contributed by atoms with Crippen LogP contribution in [-0.4, -0.2) is 364 Å². The Balaban J connectivity index is -0.000000457. The maximum Gasteiger partial charge on any atom is 1.00 e. The Hall–Kier alpha value is -3.74. The molecule has 11 rings (SSSR count). The fraction of sp³-hybridized carbons (Fsp3) is 0.560. The zero-order valence-corrected chi connectivity index (χ0v) is 85.9. The average Bonchev–Trinajstić information content (AvgIpc) is 0.800. The first kappa shape index (κ1) is 132. The van der Waals surface area contributed by atoms with Crippen molar-refractivity contribution in [1.82, 2.24) is 70.0 Å². The van der Waals surface area contributed by atoms with Crippen LogP contribution in [0.2, 0.25) is 15.2 Å². The van der Waals surface area contributed by atoms with Crippen molar-refractivity contribution in [3.63, 3.8) is 0 Å². The molecule has 5 atom stereocenters. The van der Waals surface area contributed by atoms with Gasteiger partial charge in [0.1, 0.15) is 5.69 Å². The summed E-state index contributed by atoms with van der Waals surface area (Å²) in [6.45, 7) is 32.4. The summed E-state index contributed by atoms with van der Waals surface area (Å²) in [5.74, 6) is 3.13. The van der Waals surface area contributed by atoms with E-state index in [-0.39, 0.29) is 162 Å². The van der Waals surface area contributed by atoms with Gasteiger partial charge in [-0.2, -0.15) is 18.4 Å². The molecule has 4 fully saturated rings. The van der Waals surface area contributed by atoms with Crippen LogP contribution in [-0.2, 0) is 44.1 Å². The minimum Gasteiger partial charge on any atom is -1.00 e. The summed E-state index contributed by atoms with van der Waals surface area (Å²) in [6, 6.07) is 47.2. The predicted molar refractivity (Wildman–Crippen MR) is 516 cm³/mol. The van der Waals surface area contributed by atoms with Gasteiger partial charge in [-0.1, -0.05) is 176 Å². The number of carbonyl (C=O) groups is 1. The van der Waals surface area contributed by atoms with Crippen LogP contribution in [0.1, 0.15) is 65.7 Å². The number of rotatable bonds is 29. The topological polar surface area (TPSA) is 488 Å². The van der Waals surface area contributed by atoms with E-state index in [4.69, 9.17) is 152 Å². The first-order valence-electron chi connectivity index (χ1n) is 40.9. The molecule has 45 heteroatoms. The Kier molecular flexibility index (Phi) is 85.3. The van der Waals surface area contributed by atoms with Crippen molar-refractivity contribution in [2.75, 3.05) is 230 Å². The van der Waals surface area contributed by atoms with Gasteiger partial charge in [-0.05, 0) is 62.9 Å². The molecule has 0 bridgehead atoms. The summed E-state index contributed by atoms with van der Waals surface area (Å²) in [6.07, 6.45) is 0. The Labute approximate surface area is 849 Å². The van der Waals surface area contributed by atoms with E-state index in [9.17, 15) is 5.11 Å². The van der Waals surface area contributed by atoms with Gasteiger partial charge >= 0.3 is 67.4 Å². The second-order valence-corrected chi connectivity index (χ2v) is 34.1. The molecule has 724 valence electrons. The minimum atomic E-state index is -3.72. The number of benzene rings is 5.